The first-order valence-electron chi connectivity index (χ1n) is 8.20. The van der Waals surface area contributed by atoms with Gasteiger partial charge in [-0.25, -0.2) is 0 Å². The highest BCUT2D eigenvalue weighted by molar-refractivity contribution is 6.31. The quantitative estimate of drug-likeness (QED) is 0.838. The number of nitrogens with one attached hydrogen (secondary N) is 1. The molecule has 4 atom stereocenters. The molecule has 5 heteroatoms. The molecule has 0 spiro atoms. The Balaban J connectivity index is 1.74. The fourth-order valence-corrected chi connectivity index (χ4v) is 4.36. The van der Waals surface area contributed by atoms with Crippen LogP contribution in [-0.2, 0) is 14.3 Å². The van der Waals surface area contributed by atoms with E-state index in [0.29, 0.717) is 16.9 Å². The Labute approximate surface area is 141 Å². The van der Waals surface area contributed by atoms with E-state index in [1.54, 1.807) is 6.07 Å². The van der Waals surface area contributed by atoms with E-state index in [1.165, 1.54) is 20.0 Å². The molecule has 0 radical (unpaired) electrons. The van der Waals surface area contributed by atoms with E-state index >= 15 is 0 Å². The Kier molecular flexibility index (Phi) is 4.90. The number of rotatable bonds is 5. The number of benzene rings is 1. The number of amides is 1. The van der Waals surface area contributed by atoms with Crippen molar-refractivity contribution in [2.75, 3.05) is 7.11 Å². The number of esters is 1. The minimum absolute atomic E-state index is 0.0472. The number of carbonyl (C=O) groups is 2. The summed E-state index contributed by atoms with van der Waals surface area (Å²) in [4.78, 5) is 24.4. The normalized spacial score (nSPS) is 26.8. The van der Waals surface area contributed by atoms with Crippen LogP contribution in [0.2, 0.25) is 5.02 Å². The molecule has 0 saturated heterocycles. The summed E-state index contributed by atoms with van der Waals surface area (Å²) in [6, 6.07) is 6.86. The van der Waals surface area contributed by atoms with Gasteiger partial charge in [-0.05, 0) is 42.7 Å². The lowest BCUT2D eigenvalue weighted by molar-refractivity contribution is -0.141. The van der Waals surface area contributed by atoms with Crippen LogP contribution in [0.4, 0.5) is 0 Å². The highest BCUT2D eigenvalue weighted by Gasteiger charge is 2.43. The third-order valence-corrected chi connectivity index (χ3v) is 5.61. The van der Waals surface area contributed by atoms with Crippen molar-refractivity contribution in [1.82, 2.24) is 5.32 Å². The van der Waals surface area contributed by atoms with Crippen LogP contribution in [0, 0.1) is 17.8 Å². The summed E-state index contributed by atoms with van der Waals surface area (Å²) >= 11 is 6.25. The van der Waals surface area contributed by atoms with Crippen molar-refractivity contribution in [1.29, 1.82) is 0 Å². The number of carbonyl (C=O) groups excluding carboxylic acids is 2. The monoisotopic (exact) mass is 335 g/mol. The van der Waals surface area contributed by atoms with Gasteiger partial charge in [0.1, 0.15) is 0 Å². The van der Waals surface area contributed by atoms with Gasteiger partial charge in [-0.3, -0.25) is 9.59 Å². The number of fused-ring (bicyclic) bond motifs is 2. The first-order chi connectivity index (χ1) is 11.1. The van der Waals surface area contributed by atoms with Gasteiger partial charge in [0.15, 0.2) is 0 Å². The van der Waals surface area contributed by atoms with Gasteiger partial charge in [0.25, 0.3) is 0 Å². The molecule has 23 heavy (non-hydrogen) atoms. The Bertz CT molecular complexity index is 604. The van der Waals surface area contributed by atoms with Crippen LogP contribution in [-0.4, -0.2) is 19.0 Å². The van der Waals surface area contributed by atoms with Crippen molar-refractivity contribution < 1.29 is 14.3 Å². The topological polar surface area (TPSA) is 55.4 Å². The third-order valence-electron chi connectivity index (χ3n) is 5.27. The fraction of sp³-hybridized carbons (Fsp3) is 0.556. The van der Waals surface area contributed by atoms with E-state index in [9.17, 15) is 9.59 Å². The van der Waals surface area contributed by atoms with Crippen LogP contribution in [0.15, 0.2) is 24.3 Å². The van der Waals surface area contributed by atoms with E-state index in [2.05, 4.69) is 5.32 Å². The number of hydrogen-bond donors (Lipinski definition) is 1. The maximum Gasteiger partial charge on any atom is 0.307 e. The van der Waals surface area contributed by atoms with E-state index < -0.39 is 6.04 Å². The number of ether oxygens (including phenoxy) is 1. The maximum absolute atomic E-state index is 12.7. The van der Waals surface area contributed by atoms with Gasteiger partial charge in [-0.2, -0.15) is 0 Å². The van der Waals surface area contributed by atoms with E-state index in [4.69, 9.17) is 16.3 Å². The van der Waals surface area contributed by atoms with E-state index in [0.717, 1.165) is 18.4 Å². The van der Waals surface area contributed by atoms with Gasteiger partial charge in [0.2, 0.25) is 5.91 Å². The molecular weight excluding hydrogens is 314 g/mol. The molecule has 3 rings (SSSR count). The van der Waals surface area contributed by atoms with Crippen LogP contribution < -0.4 is 5.32 Å². The zero-order valence-corrected chi connectivity index (χ0v) is 14.0. The van der Waals surface area contributed by atoms with Crippen LogP contribution >= 0.6 is 11.6 Å². The first-order valence-corrected chi connectivity index (χ1v) is 8.58. The molecular formula is C18H22ClNO3. The zero-order chi connectivity index (χ0) is 16.4. The lowest BCUT2D eigenvalue weighted by Crippen LogP contribution is -2.37. The predicted octanol–water partition coefficient (Wildman–Crippen LogP) is 3.50. The smallest absolute Gasteiger partial charge is 0.307 e. The second kappa shape index (κ2) is 6.91. The van der Waals surface area contributed by atoms with E-state index in [-0.39, 0.29) is 24.2 Å². The number of methoxy groups -OCH3 is 1. The highest BCUT2D eigenvalue weighted by Crippen LogP contribution is 2.48. The standard InChI is InChI=1S/C18H22ClNO3/c1-23-17(21)10-16(13-4-2-3-5-15(13)19)20-18(22)14-9-11-6-7-12(14)8-11/h2-5,11-12,14,16H,6-10H2,1H3,(H,20,22). The van der Waals surface area contributed by atoms with Crippen molar-refractivity contribution in [2.24, 2.45) is 17.8 Å². The van der Waals surface area contributed by atoms with Crippen LogP contribution in [0.5, 0.6) is 0 Å². The molecule has 0 heterocycles. The van der Waals surface area contributed by atoms with Gasteiger partial charge in [0, 0.05) is 10.9 Å². The Morgan fingerprint density at radius 3 is 2.70 bits per heavy atom. The fourth-order valence-electron chi connectivity index (χ4n) is 4.09. The minimum Gasteiger partial charge on any atom is -0.469 e. The maximum atomic E-state index is 12.7. The van der Waals surface area contributed by atoms with Gasteiger partial charge in [-0.1, -0.05) is 36.2 Å². The van der Waals surface area contributed by atoms with Gasteiger partial charge in [-0.15, -0.1) is 0 Å². The lowest BCUT2D eigenvalue weighted by atomic mass is 9.87. The van der Waals surface area contributed by atoms with Crippen molar-refractivity contribution in [2.45, 2.75) is 38.1 Å². The largest absolute Gasteiger partial charge is 0.469 e. The van der Waals surface area contributed by atoms with Crippen molar-refractivity contribution in [3.8, 4) is 0 Å². The molecule has 2 aliphatic carbocycles. The Morgan fingerprint density at radius 1 is 1.30 bits per heavy atom. The minimum atomic E-state index is -0.442. The van der Waals surface area contributed by atoms with Crippen molar-refractivity contribution in [3.63, 3.8) is 0 Å². The Morgan fingerprint density at radius 2 is 2.09 bits per heavy atom. The molecule has 2 saturated carbocycles. The summed E-state index contributed by atoms with van der Waals surface area (Å²) in [5, 5.41) is 3.59. The average Bonchev–Trinajstić information content (AvgIpc) is 3.17. The third kappa shape index (κ3) is 3.52. The summed E-state index contributed by atoms with van der Waals surface area (Å²) in [5.41, 5.74) is 0.760. The predicted molar refractivity (Wildman–Crippen MR) is 87.9 cm³/mol. The molecule has 1 aromatic rings. The molecule has 1 aromatic carbocycles. The molecule has 0 aromatic heterocycles. The lowest BCUT2D eigenvalue weighted by Gasteiger charge is -2.25. The molecule has 4 nitrogen and oxygen atoms in total. The van der Waals surface area contributed by atoms with E-state index in [1.807, 2.05) is 18.2 Å². The number of hydrogen-bond acceptors (Lipinski definition) is 3. The molecule has 2 fully saturated rings. The summed E-state index contributed by atoms with van der Waals surface area (Å²) in [6.07, 6.45) is 4.64. The molecule has 1 amide bonds. The summed E-state index contributed by atoms with van der Waals surface area (Å²) < 4.78 is 4.77. The first kappa shape index (κ1) is 16.3. The van der Waals surface area contributed by atoms with Crippen molar-refractivity contribution in [3.05, 3.63) is 34.9 Å². The highest BCUT2D eigenvalue weighted by atomic mass is 35.5. The number of halogens is 1. The molecule has 2 aliphatic rings. The second-order valence-corrected chi connectivity index (χ2v) is 7.05. The molecule has 2 bridgehead atoms. The summed E-state index contributed by atoms with van der Waals surface area (Å²) in [7, 11) is 1.35. The summed E-state index contributed by atoms with van der Waals surface area (Å²) in [6.45, 7) is 0. The average molecular weight is 336 g/mol. The SMILES string of the molecule is COC(=O)CC(NC(=O)C1CC2CCC1C2)c1ccccc1Cl. The van der Waals surface area contributed by atoms with Crippen LogP contribution in [0.3, 0.4) is 0 Å². The van der Waals surface area contributed by atoms with Crippen LogP contribution in [0.25, 0.3) is 0 Å². The zero-order valence-electron chi connectivity index (χ0n) is 13.3. The molecule has 4 unspecified atom stereocenters. The van der Waals surface area contributed by atoms with Gasteiger partial charge < -0.3 is 10.1 Å². The van der Waals surface area contributed by atoms with Gasteiger partial charge in [0.05, 0.1) is 19.6 Å². The van der Waals surface area contributed by atoms with Crippen molar-refractivity contribution >= 4 is 23.5 Å². The second-order valence-electron chi connectivity index (χ2n) is 6.64. The molecule has 0 aliphatic heterocycles. The Hall–Kier alpha value is -1.55. The van der Waals surface area contributed by atoms with Gasteiger partial charge >= 0.3 is 5.97 Å². The summed E-state index contributed by atoms with van der Waals surface area (Å²) in [5.74, 6) is 0.978. The van der Waals surface area contributed by atoms with Crippen LogP contribution in [0.1, 0.15) is 43.7 Å². The molecule has 124 valence electrons. The molecule has 1 N–H and O–H groups in total.